The molecule has 6 nitrogen and oxygen atoms in total. The number of urea groups is 1. The molecule has 0 bridgehead atoms. The summed E-state index contributed by atoms with van der Waals surface area (Å²) < 4.78 is 2.00. The maximum Gasteiger partial charge on any atom is 0.315 e. The van der Waals surface area contributed by atoms with E-state index < -0.39 is 5.54 Å². The Morgan fingerprint density at radius 1 is 1.50 bits per heavy atom. The molecule has 2 amide bonds. The molecule has 0 radical (unpaired) electrons. The minimum atomic E-state index is -0.528. The lowest BCUT2D eigenvalue weighted by Crippen LogP contribution is -2.53. The van der Waals surface area contributed by atoms with Crippen LogP contribution in [0.3, 0.4) is 0 Å². The van der Waals surface area contributed by atoms with Crippen LogP contribution in [0.15, 0.2) is 24.4 Å². The molecular weight excluding hydrogens is 280 g/mol. The highest BCUT2D eigenvalue weighted by Crippen LogP contribution is 2.39. The lowest BCUT2D eigenvalue weighted by Gasteiger charge is -2.28. The van der Waals surface area contributed by atoms with Gasteiger partial charge in [0.25, 0.3) is 0 Å². The van der Waals surface area contributed by atoms with Crippen LogP contribution in [0, 0.1) is 12.8 Å². The molecule has 1 fully saturated rings. The Morgan fingerprint density at radius 3 is 2.91 bits per heavy atom. The molecule has 0 spiro atoms. The highest BCUT2D eigenvalue weighted by molar-refractivity contribution is 5.74. The van der Waals surface area contributed by atoms with Crippen LogP contribution >= 0.6 is 0 Å². The first-order valence-corrected chi connectivity index (χ1v) is 7.62. The Bertz CT molecular complexity index is 693. The van der Waals surface area contributed by atoms with Crippen LogP contribution in [0.25, 0.3) is 5.65 Å². The van der Waals surface area contributed by atoms with Crippen molar-refractivity contribution in [3.05, 3.63) is 35.8 Å². The van der Waals surface area contributed by atoms with Crippen molar-refractivity contribution in [2.24, 2.45) is 5.92 Å². The van der Waals surface area contributed by atoms with Gasteiger partial charge < -0.3 is 20.1 Å². The molecule has 22 heavy (non-hydrogen) atoms. The molecule has 2 aromatic heterocycles. The van der Waals surface area contributed by atoms with Gasteiger partial charge in [0.2, 0.25) is 0 Å². The third kappa shape index (κ3) is 2.92. The van der Waals surface area contributed by atoms with Gasteiger partial charge in [0.05, 0.1) is 24.4 Å². The monoisotopic (exact) mass is 302 g/mol. The fraction of sp³-hybridized carbons (Fsp3) is 0.500. The summed E-state index contributed by atoms with van der Waals surface area (Å²) in [5.74, 6) is 0.376. The smallest absolute Gasteiger partial charge is 0.315 e. The first-order chi connectivity index (χ1) is 10.5. The normalized spacial score (nSPS) is 17.2. The zero-order valence-electron chi connectivity index (χ0n) is 13.0. The second kappa shape index (κ2) is 5.61. The summed E-state index contributed by atoms with van der Waals surface area (Å²) in [6.07, 6.45) is 4.04. The summed E-state index contributed by atoms with van der Waals surface area (Å²) in [4.78, 5) is 16.5. The molecule has 3 rings (SSSR count). The van der Waals surface area contributed by atoms with Gasteiger partial charge in [-0.3, -0.25) is 0 Å². The highest BCUT2D eigenvalue weighted by Gasteiger charge is 2.42. The summed E-state index contributed by atoms with van der Waals surface area (Å²) in [6, 6.07) is 5.65. The first-order valence-electron chi connectivity index (χ1n) is 7.62. The van der Waals surface area contributed by atoms with E-state index in [1.807, 2.05) is 42.6 Å². The van der Waals surface area contributed by atoms with Gasteiger partial charge in [-0.1, -0.05) is 6.07 Å². The van der Waals surface area contributed by atoms with Crippen molar-refractivity contribution in [2.45, 2.75) is 38.8 Å². The van der Waals surface area contributed by atoms with Crippen LogP contribution in [0.1, 0.15) is 31.2 Å². The van der Waals surface area contributed by atoms with Crippen LogP contribution in [0.5, 0.6) is 0 Å². The third-order valence-corrected chi connectivity index (χ3v) is 4.38. The number of aliphatic hydroxyl groups excluding tert-OH is 1. The summed E-state index contributed by atoms with van der Waals surface area (Å²) in [7, 11) is 0. The molecule has 2 heterocycles. The number of hydrogen-bond acceptors (Lipinski definition) is 3. The second-order valence-corrected chi connectivity index (χ2v) is 6.29. The Balaban J connectivity index is 1.61. The summed E-state index contributed by atoms with van der Waals surface area (Å²) in [5.41, 5.74) is 2.25. The molecule has 1 aliphatic rings. The van der Waals surface area contributed by atoms with Gasteiger partial charge in [0.15, 0.2) is 0 Å². The molecule has 2 aromatic rings. The van der Waals surface area contributed by atoms with E-state index in [1.54, 1.807) is 0 Å². The number of imidazole rings is 1. The average Bonchev–Trinajstić information content (AvgIpc) is 3.26. The van der Waals surface area contributed by atoms with E-state index in [0.717, 1.165) is 29.9 Å². The number of aliphatic hydroxyl groups is 1. The van der Waals surface area contributed by atoms with Crippen molar-refractivity contribution in [3.63, 3.8) is 0 Å². The van der Waals surface area contributed by atoms with Gasteiger partial charge in [0, 0.05) is 11.9 Å². The molecule has 6 heteroatoms. The molecular formula is C16H22N4O2. The van der Waals surface area contributed by atoms with Gasteiger partial charge >= 0.3 is 6.03 Å². The Hall–Kier alpha value is -2.08. The number of rotatable bonds is 5. The number of pyridine rings is 1. The number of fused-ring (bicyclic) bond motifs is 1. The number of aromatic nitrogens is 2. The molecule has 118 valence electrons. The SMILES string of the molecule is Cc1cccc2nc(CNC(=O)NC(C)(CO)C3CC3)cn12. The van der Waals surface area contributed by atoms with E-state index in [2.05, 4.69) is 15.6 Å². The quantitative estimate of drug-likeness (QED) is 0.785. The van der Waals surface area contributed by atoms with Crippen LogP contribution in [-0.2, 0) is 6.54 Å². The molecule has 3 N–H and O–H groups in total. The second-order valence-electron chi connectivity index (χ2n) is 6.29. The average molecular weight is 302 g/mol. The van der Waals surface area contributed by atoms with E-state index in [-0.39, 0.29) is 12.6 Å². The van der Waals surface area contributed by atoms with Crippen LogP contribution in [0.2, 0.25) is 0 Å². The zero-order chi connectivity index (χ0) is 15.7. The van der Waals surface area contributed by atoms with Gasteiger partial charge in [-0.05, 0) is 44.7 Å². The van der Waals surface area contributed by atoms with E-state index in [0.29, 0.717) is 12.5 Å². The number of hydrogen-bond donors (Lipinski definition) is 3. The molecule has 0 aliphatic heterocycles. The lowest BCUT2D eigenvalue weighted by molar-refractivity contribution is 0.155. The minimum absolute atomic E-state index is 0.0430. The van der Waals surface area contributed by atoms with E-state index in [4.69, 9.17) is 0 Å². The van der Waals surface area contributed by atoms with E-state index in [1.165, 1.54) is 0 Å². The standard InChI is InChI=1S/C16H22N4O2/c1-11-4-3-5-14-18-13(9-20(11)14)8-17-15(22)19-16(2,10-21)12-6-7-12/h3-5,9,12,21H,6-8,10H2,1-2H3,(H2,17,19,22). The van der Waals surface area contributed by atoms with Crippen molar-refractivity contribution in [2.75, 3.05) is 6.61 Å². The van der Waals surface area contributed by atoms with Crippen molar-refractivity contribution >= 4 is 11.7 Å². The molecule has 1 aliphatic carbocycles. The van der Waals surface area contributed by atoms with Crippen molar-refractivity contribution in [1.82, 2.24) is 20.0 Å². The fourth-order valence-electron chi connectivity index (χ4n) is 2.75. The third-order valence-electron chi connectivity index (χ3n) is 4.38. The van der Waals surface area contributed by atoms with Gasteiger partial charge in [-0.2, -0.15) is 0 Å². The Morgan fingerprint density at radius 2 is 2.27 bits per heavy atom. The number of nitrogens with zero attached hydrogens (tertiary/aromatic N) is 2. The molecule has 0 aromatic carbocycles. The lowest BCUT2D eigenvalue weighted by atomic mass is 9.97. The minimum Gasteiger partial charge on any atom is -0.394 e. The molecule has 1 saturated carbocycles. The predicted molar refractivity (Wildman–Crippen MR) is 83.5 cm³/mol. The Kier molecular flexibility index (Phi) is 3.78. The summed E-state index contributed by atoms with van der Waals surface area (Å²) in [6.45, 7) is 4.22. The predicted octanol–water partition coefficient (Wildman–Crippen LogP) is 1.60. The first kappa shape index (κ1) is 14.8. The maximum atomic E-state index is 12.0. The molecule has 1 atom stereocenters. The van der Waals surface area contributed by atoms with Gasteiger partial charge in [0.1, 0.15) is 5.65 Å². The van der Waals surface area contributed by atoms with Crippen molar-refractivity contribution < 1.29 is 9.90 Å². The fourth-order valence-corrected chi connectivity index (χ4v) is 2.75. The maximum absolute atomic E-state index is 12.0. The van der Waals surface area contributed by atoms with Gasteiger partial charge in [-0.25, -0.2) is 9.78 Å². The van der Waals surface area contributed by atoms with Crippen LogP contribution < -0.4 is 10.6 Å². The molecule has 0 saturated heterocycles. The number of amides is 2. The number of aryl methyl sites for hydroxylation is 1. The number of nitrogens with one attached hydrogen (secondary N) is 2. The van der Waals surface area contributed by atoms with E-state index >= 15 is 0 Å². The highest BCUT2D eigenvalue weighted by atomic mass is 16.3. The zero-order valence-corrected chi connectivity index (χ0v) is 13.0. The van der Waals surface area contributed by atoms with Crippen LogP contribution in [-0.4, -0.2) is 32.7 Å². The van der Waals surface area contributed by atoms with Crippen LogP contribution in [0.4, 0.5) is 4.79 Å². The number of carbonyl (C=O) groups excluding carboxylic acids is 1. The van der Waals surface area contributed by atoms with Gasteiger partial charge in [-0.15, -0.1) is 0 Å². The van der Waals surface area contributed by atoms with Crippen molar-refractivity contribution in [1.29, 1.82) is 0 Å². The topological polar surface area (TPSA) is 78.7 Å². The largest absolute Gasteiger partial charge is 0.394 e. The van der Waals surface area contributed by atoms with Crippen molar-refractivity contribution in [3.8, 4) is 0 Å². The summed E-state index contributed by atoms with van der Waals surface area (Å²) >= 11 is 0. The molecule has 1 unspecified atom stereocenters. The number of carbonyl (C=O) groups is 1. The van der Waals surface area contributed by atoms with E-state index in [9.17, 15) is 9.90 Å². The Labute approximate surface area is 129 Å². The summed E-state index contributed by atoms with van der Waals surface area (Å²) in [5, 5.41) is 15.2.